The number of amides is 1. The number of sulfonamides is 1. The maximum absolute atomic E-state index is 12.9. The number of rotatable bonds is 5. The Hall–Kier alpha value is -2.70. The van der Waals surface area contributed by atoms with E-state index in [-0.39, 0.29) is 17.9 Å². The first-order valence-electron chi connectivity index (χ1n) is 10.7. The molecule has 1 saturated heterocycles. The van der Waals surface area contributed by atoms with E-state index >= 15 is 0 Å². The van der Waals surface area contributed by atoms with Gasteiger partial charge in [0, 0.05) is 19.0 Å². The fraction of sp³-hybridized carbons (Fsp3) is 0.320. The van der Waals surface area contributed by atoms with Crippen LogP contribution in [0.4, 0.5) is 0 Å². The molecule has 4 rings (SSSR count). The van der Waals surface area contributed by atoms with Crippen molar-refractivity contribution in [2.75, 3.05) is 13.1 Å². The van der Waals surface area contributed by atoms with Crippen LogP contribution in [0, 0.1) is 12.8 Å². The fourth-order valence-electron chi connectivity index (χ4n) is 4.11. The monoisotopic (exact) mass is 436 g/mol. The van der Waals surface area contributed by atoms with Gasteiger partial charge in [-0.2, -0.15) is 4.31 Å². The predicted octanol–water partition coefficient (Wildman–Crippen LogP) is 4.43. The Balaban J connectivity index is 1.37. The summed E-state index contributed by atoms with van der Waals surface area (Å²) in [6.45, 7) is 4.63. The normalized spacial score (nSPS) is 16.8. The van der Waals surface area contributed by atoms with E-state index in [0.717, 1.165) is 16.5 Å². The van der Waals surface area contributed by atoms with Crippen LogP contribution in [0.25, 0.3) is 10.8 Å². The Morgan fingerprint density at radius 1 is 0.968 bits per heavy atom. The van der Waals surface area contributed by atoms with E-state index in [1.54, 1.807) is 24.3 Å². The molecule has 0 aliphatic carbocycles. The van der Waals surface area contributed by atoms with Gasteiger partial charge in [-0.05, 0) is 61.2 Å². The SMILES string of the molecule is Cc1ccc(S(=O)(=O)N2CCC(C(=O)N[C@@H](C)c3ccc4ccccc4c3)CC2)cc1. The van der Waals surface area contributed by atoms with Crippen LogP contribution in [0.3, 0.4) is 0 Å². The van der Waals surface area contributed by atoms with Crippen molar-refractivity contribution in [3.63, 3.8) is 0 Å². The molecular formula is C25H28N2O3S. The number of nitrogens with one attached hydrogen (secondary N) is 1. The number of benzene rings is 3. The van der Waals surface area contributed by atoms with Gasteiger partial charge in [0.15, 0.2) is 0 Å². The molecule has 1 fully saturated rings. The minimum atomic E-state index is -3.51. The van der Waals surface area contributed by atoms with Crippen molar-refractivity contribution in [1.82, 2.24) is 9.62 Å². The number of aryl methyl sites for hydroxylation is 1. The van der Waals surface area contributed by atoms with Crippen molar-refractivity contribution < 1.29 is 13.2 Å². The molecule has 0 saturated carbocycles. The number of fused-ring (bicyclic) bond motifs is 1. The van der Waals surface area contributed by atoms with Gasteiger partial charge in [0.1, 0.15) is 0 Å². The van der Waals surface area contributed by atoms with Gasteiger partial charge in [0.2, 0.25) is 15.9 Å². The summed E-state index contributed by atoms with van der Waals surface area (Å²) in [6, 6.07) is 21.2. The van der Waals surface area contributed by atoms with Gasteiger partial charge in [-0.15, -0.1) is 0 Å². The molecule has 162 valence electrons. The quantitative estimate of drug-likeness (QED) is 0.644. The molecule has 1 amide bonds. The lowest BCUT2D eigenvalue weighted by atomic mass is 9.96. The molecular weight excluding hydrogens is 408 g/mol. The van der Waals surface area contributed by atoms with Crippen LogP contribution in [0.5, 0.6) is 0 Å². The number of hydrogen-bond acceptors (Lipinski definition) is 3. The number of carbonyl (C=O) groups is 1. The first-order valence-corrected chi connectivity index (χ1v) is 12.1. The summed E-state index contributed by atoms with van der Waals surface area (Å²) in [5.74, 6) is -0.180. The van der Waals surface area contributed by atoms with Gasteiger partial charge >= 0.3 is 0 Å². The third-order valence-electron chi connectivity index (χ3n) is 6.12. The molecule has 0 bridgehead atoms. The summed E-state index contributed by atoms with van der Waals surface area (Å²) in [6.07, 6.45) is 1.06. The Kier molecular flexibility index (Phi) is 6.12. The van der Waals surface area contributed by atoms with Crippen LogP contribution in [-0.4, -0.2) is 31.7 Å². The van der Waals surface area contributed by atoms with Crippen molar-refractivity contribution in [1.29, 1.82) is 0 Å². The summed E-state index contributed by atoms with van der Waals surface area (Å²) in [4.78, 5) is 13.1. The van der Waals surface area contributed by atoms with Crippen LogP contribution in [-0.2, 0) is 14.8 Å². The van der Waals surface area contributed by atoms with Gasteiger partial charge in [-0.1, -0.05) is 54.1 Å². The number of hydrogen-bond donors (Lipinski definition) is 1. The summed E-state index contributed by atoms with van der Waals surface area (Å²) in [7, 11) is -3.51. The van der Waals surface area contributed by atoms with E-state index in [0.29, 0.717) is 30.8 Å². The Labute approximate surface area is 184 Å². The van der Waals surface area contributed by atoms with Crippen LogP contribution >= 0.6 is 0 Å². The van der Waals surface area contributed by atoms with Gasteiger partial charge < -0.3 is 5.32 Å². The Morgan fingerprint density at radius 3 is 2.29 bits per heavy atom. The summed E-state index contributed by atoms with van der Waals surface area (Å²) in [5.41, 5.74) is 2.08. The molecule has 0 aromatic heterocycles. The highest BCUT2D eigenvalue weighted by atomic mass is 32.2. The number of piperidine rings is 1. The largest absolute Gasteiger partial charge is 0.349 e. The van der Waals surface area contributed by atoms with E-state index in [1.165, 1.54) is 9.69 Å². The van der Waals surface area contributed by atoms with Gasteiger partial charge in [0.25, 0.3) is 0 Å². The number of nitrogens with zero attached hydrogens (tertiary/aromatic N) is 1. The molecule has 1 N–H and O–H groups in total. The van der Waals surface area contributed by atoms with Gasteiger partial charge in [-0.25, -0.2) is 8.42 Å². The number of carbonyl (C=O) groups excluding carboxylic acids is 1. The average molecular weight is 437 g/mol. The Morgan fingerprint density at radius 2 is 1.61 bits per heavy atom. The average Bonchev–Trinajstić information content (AvgIpc) is 2.79. The molecule has 1 aliphatic heterocycles. The highest BCUT2D eigenvalue weighted by molar-refractivity contribution is 7.89. The molecule has 1 aliphatic rings. The van der Waals surface area contributed by atoms with E-state index < -0.39 is 10.0 Å². The zero-order valence-corrected chi connectivity index (χ0v) is 18.7. The lowest BCUT2D eigenvalue weighted by molar-refractivity contribution is -0.126. The molecule has 3 aromatic rings. The smallest absolute Gasteiger partial charge is 0.243 e. The molecule has 0 unspecified atom stereocenters. The molecule has 1 atom stereocenters. The molecule has 5 nitrogen and oxygen atoms in total. The highest BCUT2D eigenvalue weighted by Crippen LogP contribution is 2.26. The topological polar surface area (TPSA) is 66.5 Å². The van der Waals surface area contributed by atoms with Crippen LogP contribution < -0.4 is 5.32 Å². The van der Waals surface area contributed by atoms with Crippen molar-refractivity contribution in [2.45, 2.75) is 37.6 Å². The first-order chi connectivity index (χ1) is 14.8. The summed E-state index contributed by atoms with van der Waals surface area (Å²) in [5, 5.41) is 5.44. The van der Waals surface area contributed by atoms with Crippen LogP contribution in [0.2, 0.25) is 0 Å². The predicted molar refractivity (Wildman–Crippen MR) is 123 cm³/mol. The van der Waals surface area contributed by atoms with Crippen LogP contribution in [0.15, 0.2) is 71.6 Å². The van der Waals surface area contributed by atoms with E-state index in [1.807, 2.05) is 32.0 Å². The molecule has 3 aromatic carbocycles. The van der Waals surface area contributed by atoms with Gasteiger partial charge in [0.05, 0.1) is 10.9 Å². The second-order valence-corrected chi connectivity index (χ2v) is 10.3. The summed E-state index contributed by atoms with van der Waals surface area (Å²) >= 11 is 0. The first kappa shape index (κ1) is 21.5. The lowest BCUT2D eigenvalue weighted by Crippen LogP contribution is -2.43. The molecule has 0 radical (unpaired) electrons. The third kappa shape index (κ3) is 4.65. The third-order valence-corrected chi connectivity index (χ3v) is 8.03. The van der Waals surface area contributed by atoms with Crippen molar-refractivity contribution >= 4 is 26.7 Å². The molecule has 31 heavy (non-hydrogen) atoms. The second-order valence-electron chi connectivity index (χ2n) is 8.33. The highest BCUT2D eigenvalue weighted by Gasteiger charge is 2.32. The van der Waals surface area contributed by atoms with Crippen LogP contribution in [0.1, 0.15) is 36.9 Å². The minimum absolute atomic E-state index is 0.00644. The molecule has 6 heteroatoms. The summed E-state index contributed by atoms with van der Waals surface area (Å²) < 4.78 is 27.2. The zero-order valence-electron chi connectivity index (χ0n) is 17.9. The zero-order chi connectivity index (χ0) is 22.0. The van der Waals surface area contributed by atoms with Crippen molar-refractivity contribution in [3.8, 4) is 0 Å². The maximum Gasteiger partial charge on any atom is 0.243 e. The fourth-order valence-corrected chi connectivity index (χ4v) is 5.58. The van der Waals surface area contributed by atoms with E-state index in [4.69, 9.17) is 0 Å². The van der Waals surface area contributed by atoms with Crippen molar-refractivity contribution in [3.05, 3.63) is 77.9 Å². The Bertz CT molecular complexity index is 1180. The second kappa shape index (κ2) is 8.81. The van der Waals surface area contributed by atoms with E-state index in [2.05, 4.69) is 29.6 Å². The minimum Gasteiger partial charge on any atom is -0.349 e. The molecule has 1 heterocycles. The van der Waals surface area contributed by atoms with Crippen molar-refractivity contribution in [2.24, 2.45) is 5.92 Å². The van der Waals surface area contributed by atoms with E-state index in [9.17, 15) is 13.2 Å². The maximum atomic E-state index is 12.9. The van der Waals surface area contributed by atoms with Gasteiger partial charge in [-0.3, -0.25) is 4.79 Å². The molecule has 0 spiro atoms. The standard InChI is InChI=1S/C25H28N2O3S/c1-18-7-11-24(12-8-18)31(29,30)27-15-13-21(14-16-27)25(28)26-19(2)22-10-9-20-5-3-4-6-23(20)17-22/h3-12,17,19,21H,13-16H2,1-2H3,(H,26,28)/t19-/m0/s1. The lowest BCUT2D eigenvalue weighted by Gasteiger charge is -2.31.